The summed E-state index contributed by atoms with van der Waals surface area (Å²) in [5.41, 5.74) is 1.89. The third-order valence-corrected chi connectivity index (χ3v) is 3.83. The second-order valence-electron chi connectivity index (χ2n) is 4.43. The highest BCUT2D eigenvalue weighted by molar-refractivity contribution is 7.10. The molecule has 2 N–H and O–H groups in total. The molecule has 100 valence electrons. The fraction of sp³-hybridized carbons (Fsp3) is 0.267. The van der Waals surface area contributed by atoms with E-state index in [0.717, 1.165) is 16.0 Å². The van der Waals surface area contributed by atoms with Gasteiger partial charge in [-0.1, -0.05) is 30.3 Å². The van der Waals surface area contributed by atoms with Gasteiger partial charge in [0.05, 0.1) is 12.5 Å². The van der Waals surface area contributed by atoms with Gasteiger partial charge in [0, 0.05) is 11.4 Å². The first-order valence-electron chi connectivity index (χ1n) is 6.19. The minimum Gasteiger partial charge on any atom is -0.387 e. The topological polar surface area (TPSA) is 49.3 Å². The van der Waals surface area contributed by atoms with Gasteiger partial charge in [0.25, 0.3) is 0 Å². The smallest absolute Gasteiger partial charge is 0.225 e. The van der Waals surface area contributed by atoms with Gasteiger partial charge in [0.2, 0.25) is 5.91 Å². The number of hydrogen-bond acceptors (Lipinski definition) is 3. The molecule has 0 radical (unpaired) electrons. The first kappa shape index (κ1) is 13.8. The molecule has 0 bridgehead atoms. The molecule has 0 aliphatic carbocycles. The Balaban J connectivity index is 1.85. The lowest BCUT2D eigenvalue weighted by molar-refractivity contribution is -0.120. The Morgan fingerprint density at radius 2 is 2.11 bits per heavy atom. The van der Waals surface area contributed by atoms with E-state index in [1.165, 1.54) is 0 Å². The van der Waals surface area contributed by atoms with Crippen LogP contribution in [0.15, 0.2) is 41.8 Å². The van der Waals surface area contributed by atoms with E-state index in [-0.39, 0.29) is 12.5 Å². The average molecular weight is 275 g/mol. The number of carbonyl (C=O) groups is 1. The number of benzene rings is 1. The maximum Gasteiger partial charge on any atom is 0.225 e. The Labute approximate surface area is 116 Å². The van der Waals surface area contributed by atoms with E-state index in [1.807, 2.05) is 48.7 Å². The van der Waals surface area contributed by atoms with Crippen LogP contribution in [0.1, 0.15) is 22.1 Å². The fourth-order valence-electron chi connectivity index (χ4n) is 1.92. The number of nitrogens with one attached hydrogen (secondary N) is 1. The van der Waals surface area contributed by atoms with Crippen LogP contribution in [-0.2, 0) is 11.2 Å². The Morgan fingerprint density at radius 3 is 2.79 bits per heavy atom. The lowest BCUT2D eigenvalue weighted by Gasteiger charge is -2.14. The molecule has 19 heavy (non-hydrogen) atoms. The van der Waals surface area contributed by atoms with Crippen LogP contribution in [0.5, 0.6) is 0 Å². The zero-order valence-electron chi connectivity index (χ0n) is 10.8. The fourth-order valence-corrected chi connectivity index (χ4v) is 2.62. The first-order valence-corrected chi connectivity index (χ1v) is 7.07. The van der Waals surface area contributed by atoms with Crippen molar-refractivity contribution in [3.63, 3.8) is 0 Å². The first-order chi connectivity index (χ1) is 9.16. The second-order valence-corrected chi connectivity index (χ2v) is 5.46. The maximum absolute atomic E-state index is 11.7. The molecule has 4 heteroatoms. The summed E-state index contributed by atoms with van der Waals surface area (Å²) in [4.78, 5) is 12.7. The van der Waals surface area contributed by atoms with Gasteiger partial charge in [-0.2, -0.15) is 0 Å². The van der Waals surface area contributed by atoms with Gasteiger partial charge in [-0.25, -0.2) is 0 Å². The number of carbonyl (C=O) groups excluding carboxylic acids is 1. The van der Waals surface area contributed by atoms with E-state index in [2.05, 4.69) is 5.32 Å². The Hall–Kier alpha value is -1.65. The molecule has 0 unspecified atom stereocenters. The summed E-state index contributed by atoms with van der Waals surface area (Å²) in [6.45, 7) is 2.20. The van der Waals surface area contributed by atoms with Crippen molar-refractivity contribution in [2.24, 2.45) is 0 Å². The summed E-state index contributed by atoms with van der Waals surface area (Å²) in [6, 6.07) is 11.5. The van der Waals surface area contributed by atoms with Crippen LogP contribution in [0.2, 0.25) is 0 Å². The lowest BCUT2D eigenvalue weighted by Crippen LogP contribution is -2.29. The molecule has 1 atom stereocenters. The quantitative estimate of drug-likeness (QED) is 0.880. The molecule has 1 aromatic carbocycles. The zero-order chi connectivity index (χ0) is 13.7. The van der Waals surface area contributed by atoms with Crippen molar-refractivity contribution in [2.75, 3.05) is 6.54 Å². The van der Waals surface area contributed by atoms with Crippen molar-refractivity contribution in [1.29, 1.82) is 0 Å². The van der Waals surface area contributed by atoms with E-state index < -0.39 is 6.10 Å². The molecule has 0 fully saturated rings. The monoisotopic (exact) mass is 275 g/mol. The van der Waals surface area contributed by atoms with Gasteiger partial charge in [0.15, 0.2) is 0 Å². The van der Waals surface area contributed by atoms with Crippen LogP contribution < -0.4 is 5.32 Å². The highest BCUT2D eigenvalue weighted by atomic mass is 32.1. The van der Waals surface area contributed by atoms with E-state index >= 15 is 0 Å². The molecule has 2 rings (SSSR count). The van der Waals surface area contributed by atoms with Crippen LogP contribution in [0, 0.1) is 6.92 Å². The maximum atomic E-state index is 11.7. The summed E-state index contributed by atoms with van der Waals surface area (Å²) < 4.78 is 0. The van der Waals surface area contributed by atoms with Gasteiger partial charge < -0.3 is 10.4 Å². The van der Waals surface area contributed by atoms with Gasteiger partial charge in [-0.15, -0.1) is 11.3 Å². The number of thiophene rings is 1. The molecular weight excluding hydrogens is 258 g/mol. The SMILES string of the molecule is Cc1ccccc1[C@@H](O)CNC(=O)Cc1cccs1. The molecule has 1 heterocycles. The number of rotatable bonds is 5. The van der Waals surface area contributed by atoms with Gasteiger partial charge in [-0.05, 0) is 29.5 Å². The van der Waals surface area contributed by atoms with Crippen LogP contribution >= 0.6 is 11.3 Å². The van der Waals surface area contributed by atoms with Crippen LogP contribution in [-0.4, -0.2) is 17.6 Å². The summed E-state index contributed by atoms with van der Waals surface area (Å²) in [7, 11) is 0. The molecule has 1 aromatic heterocycles. The molecule has 2 aromatic rings. The Kier molecular flexibility index (Phi) is 4.71. The molecule has 0 saturated carbocycles. The van der Waals surface area contributed by atoms with Crippen LogP contribution in [0.25, 0.3) is 0 Å². The number of aliphatic hydroxyl groups excluding tert-OH is 1. The minimum atomic E-state index is -0.659. The van der Waals surface area contributed by atoms with Crippen molar-refractivity contribution in [3.05, 3.63) is 57.8 Å². The van der Waals surface area contributed by atoms with Crippen LogP contribution in [0.4, 0.5) is 0 Å². The summed E-state index contributed by atoms with van der Waals surface area (Å²) in [5, 5.41) is 14.8. The summed E-state index contributed by atoms with van der Waals surface area (Å²) in [5.74, 6) is -0.0601. The lowest BCUT2D eigenvalue weighted by atomic mass is 10.0. The number of aryl methyl sites for hydroxylation is 1. The van der Waals surface area contributed by atoms with Gasteiger partial charge in [-0.3, -0.25) is 4.79 Å². The summed E-state index contributed by atoms with van der Waals surface area (Å²) >= 11 is 1.56. The van der Waals surface area contributed by atoms with Crippen molar-refractivity contribution in [1.82, 2.24) is 5.32 Å². The van der Waals surface area contributed by atoms with Crippen molar-refractivity contribution in [2.45, 2.75) is 19.4 Å². The third-order valence-electron chi connectivity index (χ3n) is 2.95. The largest absolute Gasteiger partial charge is 0.387 e. The molecule has 0 spiro atoms. The highest BCUT2D eigenvalue weighted by Crippen LogP contribution is 2.16. The molecule has 0 aliphatic heterocycles. The van der Waals surface area contributed by atoms with Gasteiger partial charge in [0.1, 0.15) is 0 Å². The van der Waals surface area contributed by atoms with E-state index in [4.69, 9.17) is 0 Å². The van der Waals surface area contributed by atoms with E-state index in [1.54, 1.807) is 11.3 Å². The molecule has 1 amide bonds. The molecule has 3 nitrogen and oxygen atoms in total. The van der Waals surface area contributed by atoms with Crippen molar-refractivity contribution in [3.8, 4) is 0 Å². The highest BCUT2D eigenvalue weighted by Gasteiger charge is 2.11. The van der Waals surface area contributed by atoms with Crippen molar-refractivity contribution < 1.29 is 9.90 Å². The second kappa shape index (κ2) is 6.50. The standard InChI is InChI=1S/C15H17NO2S/c1-11-5-2-3-7-13(11)14(17)10-16-15(18)9-12-6-4-8-19-12/h2-8,14,17H,9-10H2,1H3,(H,16,18)/t14-/m0/s1. The summed E-state index contributed by atoms with van der Waals surface area (Å²) in [6.07, 6.45) is -0.286. The molecule has 0 saturated heterocycles. The molecular formula is C15H17NO2S. The van der Waals surface area contributed by atoms with Gasteiger partial charge >= 0.3 is 0 Å². The third kappa shape index (κ3) is 3.91. The average Bonchev–Trinajstić information content (AvgIpc) is 2.89. The number of hydrogen-bond donors (Lipinski definition) is 2. The van der Waals surface area contributed by atoms with Crippen LogP contribution in [0.3, 0.4) is 0 Å². The normalized spacial score (nSPS) is 12.1. The number of amides is 1. The van der Waals surface area contributed by atoms with Crippen molar-refractivity contribution >= 4 is 17.2 Å². The number of aliphatic hydroxyl groups is 1. The predicted octanol–water partition coefficient (Wildman–Crippen LogP) is 2.45. The Bertz CT molecular complexity index is 537. The van der Waals surface area contributed by atoms with E-state index in [0.29, 0.717) is 6.42 Å². The predicted molar refractivity (Wildman–Crippen MR) is 77.2 cm³/mol. The van der Waals surface area contributed by atoms with E-state index in [9.17, 15) is 9.90 Å². The molecule has 0 aliphatic rings. The Morgan fingerprint density at radius 1 is 1.32 bits per heavy atom. The zero-order valence-corrected chi connectivity index (χ0v) is 11.6. The minimum absolute atomic E-state index is 0.0601.